The lowest BCUT2D eigenvalue weighted by Crippen LogP contribution is -2.47. The third-order valence-corrected chi connectivity index (χ3v) is 2.89. The lowest BCUT2D eigenvalue weighted by molar-refractivity contribution is -0.289. The zero-order valence-corrected chi connectivity index (χ0v) is 10.2. The molecule has 5 heteroatoms. The molecule has 1 aliphatic heterocycles. The third-order valence-electron chi connectivity index (χ3n) is 2.89. The standard InChI is InChI=1S/C13H18O5/c1-9(15)12-11(17-8-14)7-16-13(18-12)10-5-3-2-4-6-10/h2-6,9,11-15H,7-8H2,1H3/t9?,11?,12-,13?/m0/s1. The van der Waals surface area contributed by atoms with Gasteiger partial charge in [-0.25, -0.2) is 0 Å². The lowest BCUT2D eigenvalue weighted by atomic mass is 10.1. The SMILES string of the molecule is CC(O)[C@@H]1OC(c2ccccc2)OCC1OCO. The minimum absolute atomic E-state index is 0.273. The molecule has 4 atom stereocenters. The van der Waals surface area contributed by atoms with Gasteiger partial charge in [0.25, 0.3) is 0 Å². The number of rotatable bonds is 4. The van der Waals surface area contributed by atoms with E-state index < -0.39 is 31.4 Å². The normalized spacial score (nSPS) is 30.1. The molecule has 1 heterocycles. The molecule has 2 rings (SSSR count). The Hall–Kier alpha value is -0.980. The number of hydrogen-bond donors (Lipinski definition) is 2. The van der Waals surface area contributed by atoms with Crippen LogP contribution in [0.25, 0.3) is 0 Å². The first-order valence-corrected chi connectivity index (χ1v) is 5.95. The Balaban J connectivity index is 2.06. The molecule has 1 aliphatic rings. The van der Waals surface area contributed by atoms with Crippen LogP contribution in [0.3, 0.4) is 0 Å². The molecule has 0 saturated carbocycles. The van der Waals surface area contributed by atoms with Crippen LogP contribution < -0.4 is 0 Å². The smallest absolute Gasteiger partial charge is 0.184 e. The van der Waals surface area contributed by atoms with Gasteiger partial charge in [-0.2, -0.15) is 0 Å². The molecule has 0 aliphatic carbocycles. The Bertz CT molecular complexity index is 354. The van der Waals surface area contributed by atoms with E-state index in [-0.39, 0.29) is 6.61 Å². The van der Waals surface area contributed by atoms with Gasteiger partial charge in [-0.3, -0.25) is 0 Å². The van der Waals surface area contributed by atoms with Crippen LogP contribution in [0.4, 0.5) is 0 Å². The fourth-order valence-corrected chi connectivity index (χ4v) is 1.99. The van der Waals surface area contributed by atoms with Crippen LogP contribution in [0.1, 0.15) is 18.8 Å². The highest BCUT2D eigenvalue weighted by Crippen LogP contribution is 2.28. The number of aliphatic hydroxyl groups is 2. The first kappa shape index (κ1) is 13.5. The number of ether oxygens (including phenoxy) is 3. The van der Waals surface area contributed by atoms with E-state index in [9.17, 15) is 5.11 Å². The molecule has 0 bridgehead atoms. The van der Waals surface area contributed by atoms with E-state index in [1.54, 1.807) is 6.92 Å². The van der Waals surface area contributed by atoms with Crippen LogP contribution in [0.15, 0.2) is 30.3 Å². The third kappa shape index (κ3) is 3.07. The maximum absolute atomic E-state index is 9.70. The maximum atomic E-state index is 9.70. The summed E-state index contributed by atoms with van der Waals surface area (Å²) in [7, 11) is 0. The second kappa shape index (κ2) is 6.26. The highest BCUT2D eigenvalue weighted by molar-refractivity contribution is 5.16. The van der Waals surface area contributed by atoms with Crippen molar-refractivity contribution in [2.75, 3.05) is 13.4 Å². The Morgan fingerprint density at radius 3 is 2.72 bits per heavy atom. The molecule has 100 valence electrons. The topological polar surface area (TPSA) is 68.2 Å². The zero-order valence-electron chi connectivity index (χ0n) is 10.2. The van der Waals surface area contributed by atoms with Crippen molar-refractivity contribution in [3.63, 3.8) is 0 Å². The summed E-state index contributed by atoms with van der Waals surface area (Å²) in [6, 6.07) is 9.51. The van der Waals surface area contributed by atoms with Crippen molar-refractivity contribution in [3.8, 4) is 0 Å². The summed E-state index contributed by atoms with van der Waals surface area (Å²) in [6.07, 6.45) is -2.19. The van der Waals surface area contributed by atoms with Gasteiger partial charge in [0.15, 0.2) is 6.29 Å². The Labute approximate surface area is 106 Å². The molecular formula is C13H18O5. The molecule has 18 heavy (non-hydrogen) atoms. The van der Waals surface area contributed by atoms with E-state index in [0.717, 1.165) is 5.56 Å². The van der Waals surface area contributed by atoms with Crippen molar-refractivity contribution in [1.29, 1.82) is 0 Å². The van der Waals surface area contributed by atoms with Gasteiger partial charge in [0, 0.05) is 5.56 Å². The van der Waals surface area contributed by atoms with Gasteiger partial charge < -0.3 is 24.4 Å². The van der Waals surface area contributed by atoms with E-state index in [4.69, 9.17) is 19.3 Å². The molecule has 1 aromatic rings. The fourth-order valence-electron chi connectivity index (χ4n) is 1.99. The molecule has 0 amide bonds. The highest BCUT2D eigenvalue weighted by atomic mass is 16.7. The Morgan fingerprint density at radius 1 is 1.39 bits per heavy atom. The molecular weight excluding hydrogens is 236 g/mol. The summed E-state index contributed by atoms with van der Waals surface area (Å²) >= 11 is 0. The molecule has 1 saturated heterocycles. The van der Waals surface area contributed by atoms with Gasteiger partial charge in [0.1, 0.15) is 19.0 Å². The first-order valence-electron chi connectivity index (χ1n) is 5.95. The summed E-state index contributed by atoms with van der Waals surface area (Å²) in [5, 5.41) is 18.5. The molecule has 1 aromatic carbocycles. The fraction of sp³-hybridized carbons (Fsp3) is 0.538. The molecule has 0 aromatic heterocycles. The van der Waals surface area contributed by atoms with Crippen LogP contribution in [-0.4, -0.2) is 41.9 Å². The van der Waals surface area contributed by atoms with E-state index in [0.29, 0.717) is 0 Å². The van der Waals surface area contributed by atoms with Crippen molar-refractivity contribution in [2.45, 2.75) is 31.5 Å². The molecule has 5 nitrogen and oxygen atoms in total. The Kier molecular flexibility index (Phi) is 4.68. The monoisotopic (exact) mass is 254 g/mol. The number of benzene rings is 1. The minimum atomic E-state index is -0.698. The average molecular weight is 254 g/mol. The van der Waals surface area contributed by atoms with E-state index in [1.165, 1.54) is 0 Å². The van der Waals surface area contributed by atoms with Crippen LogP contribution in [-0.2, 0) is 14.2 Å². The van der Waals surface area contributed by atoms with Crippen molar-refractivity contribution in [1.82, 2.24) is 0 Å². The number of hydrogen-bond acceptors (Lipinski definition) is 5. The van der Waals surface area contributed by atoms with Crippen molar-refractivity contribution < 1.29 is 24.4 Å². The molecule has 0 radical (unpaired) electrons. The zero-order chi connectivity index (χ0) is 13.0. The van der Waals surface area contributed by atoms with Gasteiger partial charge in [-0.1, -0.05) is 30.3 Å². The van der Waals surface area contributed by atoms with Gasteiger partial charge >= 0.3 is 0 Å². The lowest BCUT2D eigenvalue weighted by Gasteiger charge is -2.37. The molecule has 0 spiro atoms. The Morgan fingerprint density at radius 2 is 2.11 bits per heavy atom. The summed E-state index contributed by atoms with van der Waals surface area (Å²) in [5.41, 5.74) is 0.894. The second-order valence-corrected chi connectivity index (χ2v) is 4.25. The first-order chi connectivity index (χ1) is 8.72. The van der Waals surface area contributed by atoms with E-state index in [2.05, 4.69) is 0 Å². The van der Waals surface area contributed by atoms with Gasteiger partial charge in [0.05, 0.1) is 12.7 Å². The van der Waals surface area contributed by atoms with Crippen LogP contribution in [0, 0.1) is 0 Å². The molecule has 3 unspecified atom stereocenters. The second-order valence-electron chi connectivity index (χ2n) is 4.25. The minimum Gasteiger partial charge on any atom is -0.391 e. The van der Waals surface area contributed by atoms with Gasteiger partial charge in [0.2, 0.25) is 0 Å². The van der Waals surface area contributed by atoms with Gasteiger partial charge in [-0.15, -0.1) is 0 Å². The highest BCUT2D eigenvalue weighted by Gasteiger charge is 2.36. The number of aliphatic hydroxyl groups excluding tert-OH is 2. The largest absolute Gasteiger partial charge is 0.391 e. The molecule has 1 fully saturated rings. The van der Waals surface area contributed by atoms with Crippen LogP contribution in [0.2, 0.25) is 0 Å². The van der Waals surface area contributed by atoms with Crippen molar-refractivity contribution in [3.05, 3.63) is 35.9 Å². The predicted octanol–water partition coefficient (Wildman–Crippen LogP) is 0.816. The van der Waals surface area contributed by atoms with Crippen molar-refractivity contribution in [2.24, 2.45) is 0 Å². The van der Waals surface area contributed by atoms with Crippen molar-refractivity contribution >= 4 is 0 Å². The van der Waals surface area contributed by atoms with E-state index >= 15 is 0 Å². The molecule has 2 N–H and O–H groups in total. The summed E-state index contributed by atoms with van der Waals surface area (Å²) in [4.78, 5) is 0. The van der Waals surface area contributed by atoms with Crippen LogP contribution >= 0.6 is 0 Å². The summed E-state index contributed by atoms with van der Waals surface area (Å²) in [6.45, 7) is 1.48. The average Bonchev–Trinajstić information content (AvgIpc) is 2.40. The quantitative estimate of drug-likeness (QED) is 0.778. The van der Waals surface area contributed by atoms with E-state index in [1.807, 2.05) is 30.3 Å². The van der Waals surface area contributed by atoms with Crippen LogP contribution in [0.5, 0.6) is 0 Å². The maximum Gasteiger partial charge on any atom is 0.184 e. The predicted molar refractivity (Wildman–Crippen MR) is 63.6 cm³/mol. The van der Waals surface area contributed by atoms with Gasteiger partial charge in [-0.05, 0) is 6.92 Å². The summed E-state index contributed by atoms with van der Waals surface area (Å²) in [5.74, 6) is 0. The summed E-state index contributed by atoms with van der Waals surface area (Å²) < 4.78 is 16.3.